The third-order valence-corrected chi connectivity index (χ3v) is 2.67. The van der Waals surface area contributed by atoms with E-state index in [9.17, 15) is 0 Å². The standard InChI is InChI=1S/C11H17N5/c1-8(11-6-16(3)15-9(11)2)13-5-10-4-12-7-14-10/h4,6-8,13H,5H2,1-3H3,(H,12,14). The van der Waals surface area contributed by atoms with Gasteiger partial charge in [-0.25, -0.2) is 4.98 Å². The molecule has 1 atom stereocenters. The Labute approximate surface area is 94.9 Å². The van der Waals surface area contributed by atoms with Gasteiger partial charge in [-0.05, 0) is 13.8 Å². The summed E-state index contributed by atoms with van der Waals surface area (Å²) in [5.74, 6) is 0. The van der Waals surface area contributed by atoms with Gasteiger partial charge in [0.15, 0.2) is 0 Å². The van der Waals surface area contributed by atoms with Gasteiger partial charge in [-0.2, -0.15) is 5.10 Å². The molecule has 16 heavy (non-hydrogen) atoms. The van der Waals surface area contributed by atoms with Crippen LogP contribution in [0.4, 0.5) is 0 Å². The third-order valence-electron chi connectivity index (χ3n) is 2.67. The largest absolute Gasteiger partial charge is 0.347 e. The maximum absolute atomic E-state index is 4.33. The molecular formula is C11H17N5. The number of imidazole rings is 1. The van der Waals surface area contributed by atoms with Crippen molar-refractivity contribution in [2.45, 2.75) is 26.4 Å². The quantitative estimate of drug-likeness (QED) is 0.815. The lowest BCUT2D eigenvalue weighted by Crippen LogP contribution is -2.18. The van der Waals surface area contributed by atoms with Crippen molar-refractivity contribution in [1.82, 2.24) is 25.1 Å². The van der Waals surface area contributed by atoms with Crippen LogP contribution in [0.25, 0.3) is 0 Å². The van der Waals surface area contributed by atoms with Gasteiger partial charge >= 0.3 is 0 Å². The zero-order valence-corrected chi connectivity index (χ0v) is 9.86. The lowest BCUT2D eigenvalue weighted by Gasteiger charge is -2.11. The number of aryl methyl sites for hydroxylation is 2. The third kappa shape index (κ3) is 2.30. The van der Waals surface area contributed by atoms with Crippen LogP contribution in [0.2, 0.25) is 0 Å². The van der Waals surface area contributed by atoms with Crippen LogP contribution in [0, 0.1) is 6.92 Å². The highest BCUT2D eigenvalue weighted by Crippen LogP contribution is 2.15. The number of rotatable bonds is 4. The Bertz CT molecular complexity index is 443. The predicted octanol–water partition coefficient (Wildman–Crippen LogP) is 1.30. The highest BCUT2D eigenvalue weighted by molar-refractivity contribution is 5.19. The zero-order valence-electron chi connectivity index (χ0n) is 9.86. The Kier molecular flexibility index (Phi) is 3.05. The minimum absolute atomic E-state index is 0.289. The Morgan fingerprint density at radius 2 is 2.38 bits per heavy atom. The van der Waals surface area contributed by atoms with Gasteiger partial charge in [-0.3, -0.25) is 4.68 Å². The molecule has 0 aromatic carbocycles. The molecule has 2 aromatic heterocycles. The summed E-state index contributed by atoms with van der Waals surface area (Å²) in [4.78, 5) is 7.05. The zero-order chi connectivity index (χ0) is 11.5. The van der Waals surface area contributed by atoms with Gasteiger partial charge in [-0.15, -0.1) is 0 Å². The van der Waals surface area contributed by atoms with Crippen molar-refractivity contribution in [3.8, 4) is 0 Å². The first-order valence-corrected chi connectivity index (χ1v) is 5.37. The van der Waals surface area contributed by atoms with E-state index in [-0.39, 0.29) is 6.04 Å². The summed E-state index contributed by atoms with van der Waals surface area (Å²) in [6.07, 6.45) is 5.58. The van der Waals surface area contributed by atoms with Crippen LogP contribution >= 0.6 is 0 Å². The summed E-state index contributed by atoms with van der Waals surface area (Å²) in [5, 5.41) is 7.76. The van der Waals surface area contributed by atoms with Crippen LogP contribution in [0.3, 0.4) is 0 Å². The summed E-state index contributed by atoms with van der Waals surface area (Å²) < 4.78 is 1.85. The fourth-order valence-electron chi connectivity index (χ4n) is 1.80. The summed E-state index contributed by atoms with van der Waals surface area (Å²) >= 11 is 0. The molecule has 86 valence electrons. The van der Waals surface area contributed by atoms with Crippen molar-refractivity contribution in [2.75, 3.05) is 0 Å². The molecule has 0 aliphatic heterocycles. The van der Waals surface area contributed by atoms with Crippen molar-refractivity contribution in [3.05, 3.63) is 35.7 Å². The van der Waals surface area contributed by atoms with Gasteiger partial charge in [0.1, 0.15) is 0 Å². The van der Waals surface area contributed by atoms with Crippen LogP contribution in [0.5, 0.6) is 0 Å². The molecule has 0 aliphatic rings. The molecule has 0 amide bonds. The molecule has 2 rings (SSSR count). The monoisotopic (exact) mass is 219 g/mol. The fourth-order valence-corrected chi connectivity index (χ4v) is 1.80. The number of aromatic nitrogens is 4. The molecule has 5 heteroatoms. The summed E-state index contributed by atoms with van der Waals surface area (Å²) in [6.45, 7) is 4.96. The molecule has 2 N–H and O–H groups in total. The topological polar surface area (TPSA) is 58.5 Å². The SMILES string of the molecule is Cc1nn(C)cc1C(C)NCc1cnc[nH]1. The van der Waals surface area contributed by atoms with Crippen molar-refractivity contribution < 1.29 is 0 Å². The Balaban J connectivity index is 1.98. The lowest BCUT2D eigenvalue weighted by atomic mass is 10.1. The Morgan fingerprint density at radius 3 is 2.94 bits per heavy atom. The van der Waals surface area contributed by atoms with Gasteiger partial charge in [0.25, 0.3) is 0 Å². The van der Waals surface area contributed by atoms with E-state index in [4.69, 9.17) is 0 Å². The van der Waals surface area contributed by atoms with Gasteiger partial charge in [0.05, 0.1) is 12.0 Å². The number of hydrogen-bond acceptors (Lipinski definition) is 3. The molecule has 1 unspecified atom stereocenters. The first-order valence-electron chi connectivity index (χ1n) is 5.37. The first kappa shape index (κ1) is 10.9. The Morgan fingerprint density at radius 1 is 1.56 bits per heavy atom. The molecule has 0 aliphatic carbocycles. The maximum atomic E-state index is 4.33. The van der Waals surface area contributed by atoms with Crippen LogP contribution < -0.4 is 5.32 Å². The number of nitrogens with zero attached hydrogens (tertiary/aromatic N) is 3. The molecule has 0 bridgehead atoms. The van der Waals surface area contributed by atoms with Crippen LogP contribution in [-0.2, 0) is 13.6 Å². The molecule has 0 fully saturated rings. The van der Waals surface area contributed by atoms with Crippen molar-refractivity contribution >= 4 is 0 Å². The first-order chi connectivity index (χ1) is 7.66. The van der Waals surface area contributed by atoms with Gasteiger partial charge in [-0.1, -0.05) is 0 Å². The van der Waals surface area contributed by atoms with Crippen LogP contribution in [-0.4, -0.2) is 19.7 Å². The van der Waals surface area contributed by atoms with E-state index in [2.05, 4.69) is 33.5 Å². The van der Waals surface area contributed by atoms with E-state index in [1.807, 2.05) is 24.9 Å². The predicted molar refractivity (Wildman–Crippen MR) is 61.8 cm³/mol. The van der Waals surface area contributed by atoms with E-state index in [0.29, 0.717) is 0 Å². The number of aromatic amines is 1. The number of H-pyrrole nitrogens is 1. The fraction of sp³-hybridized carbons (Fsp3) is 0.455. The van der Waals surface area contributed by atoms with Gasteiger partial charge in [0.2, 0.25) is 0 Å². The number of nitrogens with one attached hydrogen (secondary N) is 2. The second kappa shape index (κ2) is 4.49. The minimum Gasteiger partial charge on any atom is -0.347 e. The molecule has 0 saturated heterocycles. The molecule has 0 radical (unpaired) electrons. The molecule has 0 spiro atoms. The Hall–Kier alpha value is -1.62. The minimum atomic E-state index is 0.289. The smallest absolute Gasteiger partial charge is 0.0922 e. The summed E-state index contributed by atoms with van der Waals surface area (Å²) in [5.41, 5.74) is 3.41. The van der Waals surface area contributed by atoms with Gasteiger partial charge < -0.3 is 10.3 Å². The maximum Gasteiger partial charge on any atom is 0.0922 e. The average molecular weight is 219 g/mol. The number of hydrogen-bond donors (Lipinski definition) is 2. The van der Waals surface area contributed by atoms with Crippen molar-refractivity contribution in [1.29, 1.82) is 0 Å². The van der Waals surface area contributed by atoms with E-state index in [1.165, 1.54) is 5.56 Å². The molecular weight excluding hydrogens is 202 g/mol. The van der Waals surface area contributed by atoms with E-state index >= 15 is 0 Å². The molecule has 5 nitrogen and oxygen atoms in total. The molecule has 2 heterocycles. The normalized spacial score (nSPS) is 12.9. The van der Waals surface area contributed by atoms with Crippen molar-refractivity contribution in [3.63, 3.8) is 0 Å². The van der Waals surface area contributed by atoms with E-state index in [0.717, 1.165) is 17.9 Å². The highest BCUT2D eigenvalue weighted by atomic mass is 15.3. The second-order valence-corrected chi connectivity index (χ2v) is 4.02. The van der Waals surface area contributed by atoms with Crippen LogP contribution in [0.15, 0.2) is 18.7 Å². The average Bonchev–Trinajstić information content (AvgIpc) is 2.84. The highest BCUT2D eigenvalue weighted by Gasteiger charge is 2.11. The second-order valence-electron chi connectivity index (χ2n) is 4.02. The molecule has 0 saturated carbocycles. The van der Waals surface area contributed by atoms with E-state index in [1.54, 1.807) is 6.33 Å². The van der Waals surface area contributed by atoms with Gasteiger partial charge in [0, 0.05) is 43.3 Å². The molecule has 2 aromatic rings. The van der Waals surface area contributed by atoms with Crippen LogP contribution in [0.1, 0.15) is 29.9 Å². The van der Waals surface area contributed by atoms with E-state index < -0.39 is 0 Å². The summed E-state index contributed by atoms with van der Waals surface area (Å²) in [7, 11) is 1.94. The van der Waals surface area contributed by atoms with Crippen molar-refractivity contribution in [2.24, 2.45) is 7.05 Å². The lowest BCUT2D eigenvalue weighted by molar-refractivity contribution is 0.566. The summed E-state index contributed by atoms with van der Waals surface area (Å²) in [6, 6.07) is 0.289.